The topological polar surface area (TPSA) is 34.1 Å². The van der Waals surface area contributed by atoms with Gasteiger partial charge in [-0.15, -0.1) is 0 Å². The zero-order valence-electron chi connectivity index (χ0n) is 9.03. The predicted molar refractivity (Wildman–Crippen MR) is 67.1 cm³/mol. The van der Waals surface area contributed by atoms with Crippen molar-refractivity contribution in [1.29, 1.82) is 0 Å². The van der Waals surface area contributed by atoms with Crippen molar-refractivity contribution in [2.45, 2.75) is 0 Å². The molecule has 0 radical (unpaired) electrons. The Bertz CT molecular complexity index is 487. The summed E-state index contributed by atoms with van der Waals surface area (Å²) in [5.41, 5.74) is 0. The summed E-state index contributed by atoms with van der Waals surface area (Å²) in [5.74, 6) is 0.806. The molecule has 1 N–H and O–H groups in total. The molecule has 1 aromatic carbocycles. The van der Waals surface area contributed by atoms with E-state index in [0.717, 1.165) is 16.6 Å². The smallest absolute Gasteiger partial charge is 0.135 e. The second-order valence-corrected chi connectivity index (χ2v) is 3.82. The van der Waals surface area contributed by atoms with E-state index in [1.165, 1.54) is 0 Å². The molecule has 0 unspecified atom stereocenters. The maximum atomic E-state index is 5.95. The lowest BCUT2D eigenvalue weighted by molar-refractivity contribution is 0.210. The average Bonchev–Trinajstić information content (AvgIpc) is 2.29. The van der Waals surface area contributed by atoms with Gasteiger partial charge in [-0.2, -0.15) is 0 Å². The first-order chi connectivity index (χ1) is 7.81. The van der Waals surface area contributed by atoms with Gasteiger partial charge < -0.3 is 10.1 Å². The number of fused-ring (bicyclic) bond motifs is 1. The maximum Gasteiger partial charge on any atom is 0.135 e. The van der Waals surface area contributed by atoms with Crippen molar-refractivity contribution >= 4 is 28.2 Å². The fraction of sp³-hybridized carbons (Fsp3) is 0.250. The van der Waals surface area contributed by atoms with Crippen molar-refractivity contribution in [2.75, 3.05) is 25.6 Å². The van der Waals surface area contributed by atoms with Crippen LogP contribution in [0.5, 0.6) is 0 Å². The van der Waals surface area contributed by atoms with Gasteiger partial charge in [0.15, 0.2) is 0 Å². The number of benzene rings is 1. The number of pyridine rings is 1. The number of anilines is 1. The zero-order valence-corrected chi connectivity index (χ0v) is 9.79. The van der Waals surface area contributed by atoms with Gasteiger partial charge in [0.25, 0.3) is 0 Å². The van der Waals surface area contributed by atoms with E-state index >= 15 is 0 Å². The highest BCUT2D eigenvalue weighted by Crippen LogP contribution is 2.24. The molecule has 0 fully saturated rings. The van der Waals surface area contributed by atoms with Gasteiger partial charge in [0.1, 0.15) is 11.0 Å². The van der Waals surface area contributed by atoms with Gasteiger partial charge in [-0.3, -0.25) is 0 Å². The molecule has 0 spiro atoms. The Hall–Kier alpha value is -1.32. The molecule has 0 saturated carbocycles. The Kier molecular flexibility index (Phi) is 3.59. The van der Waals surface area contributed by atoms with E-state index in [1.807, 2.05) is 30.3 Å². The van der Waals surface area contributed by atoms with Crippen LogP contribution in [0.25, 0.3) is 10.8 Å². The molecule has 1 heterocycles. The Morgan fingerprint density at radius 3 is 3.00 bits per heavy atom. The molecule has 84 valence electrons. The SMILES string of the molecule is COCCNc1nc(Cl)cc2ccccc12. The first-order valence-electron chi connectivity index (χ1n) is 5.09. The average molecular weight is 237 g/mol. The van der Waals surface area contributed by atoms with E-state index in [1.54, 1.807) is 7.11 Å². The molecule has 2 rings (SSSR count). The number of nitrogens with zero attached hydrogens (tertiary/aromatic N) is 1. The highest BCUT2D eigenvalue weighted by molar-refractivity contribution is 6.30. The molecule has 0 aliphatic rings. The van der Waals surface area contributed by atoms with Crippen LogP contribution in [0.3, 0.4) is 0 Å². The van der Waals surface area contributed by atoms with Crippen molar-refractivity contribution < 1.29 is 4.74 Å². The number of hydrogen-bond donors (Lipinski definition) is 1. The third-order valence-corrected chi connectivity index (χ3v) is 2.50. The van der Waals surface area contributed by atoms with Crippen LogP contribution in [0.1, 0.15) is 0 Å². The van der Waals surface area contributed by atoms with E-state index in [4.69, 9.17) is 16.3 Å². The lowest BCUT2D eigenvalue weighted by atomic mass is 10.1. The third-order valence-electron chi connectivity index (χ3n) is 2.31. The van der Waals surface area contributed by atoms with Crippen LogP contribution in [0, 0.1) is 0 Å². The van der Waals surface area contributed by atoms with Gasteiger partial charge in [-0.25, -0.2) is 4.98 Å². The van der Waals surface area contributed by atoms with Gasteiger partial charge in [-0.05, 0) is 11.5 Å². The summed E-state index contributed by atoms with van der Waals surface area (Å²) < 4.78 is 4.98. The molecule has 2 aromatic rings. The summed E-state index contributed by atoms with van der Waals surface area (Å²) in [6.07, 6.45) is 0. The summed E-state index contributed by atoms with van der Waals surface area (Å²) in [5, 5.41) is 5.87. The monoisotopic (exact) mass is 236 g/mol. The number of aromatic nitrogens is 1. The van der Waals surface area contributed by atoms with E-state index in [0.29, 0.717) is 18.3 Å². The highest BCUT2D eigenvalue weighted by Gasteiger charge is 2.03. The molecule has 0 amide bonds. The number of rotatable bonds is 4. The molecule has 0 atom stereocenters. The molecular formula is C12H13ClN2O. The lowest BCUT2D eigenvalue weighted by Crippen LogP contribution is -2.09. The van der Waals surface area contributed by atoms with Crippen LogP contribution in [0.4, 0.5) is 5.82 Å². The minimum atomic E-state index is 0.499. The van der Waals surface area contributed by atoms with Gasteiger partial charge in [0.2, 0.25) is 0 Å². The van der Waals surface area contributed by atoms with E-state index in [2.05, 4.69) is 10.3 Å². The van der Waals surface area contributed by atoms with Gasteiger partial charge in [-0.1, -0.05) is 35.9 Å². The van der Waals surface area contributed by atoms with Crippen LogP contribution in [-0.2, 0) is 4.74 Å². The third kappa shape index (κ3) is 2.43. The Morgan fingerprint density at radius 2 is 2.19 bits per heavy atom. The highest BCUT2D eigenvalue weighted by atomic mass is 35.5. The largest absolute Gasteiger partial charge is 0.383 e. The number of nitrogens with one attached hydrogen (secondary N) is 1. The van der Waals surface area contributed by atoms with Crippen molar-refractivity contribution in [2.24, 2.45) is 0 Å². The van der Waals surface area contributed by atoms with Gasteiger partial charge >= 0.3 is 0 Å². The molecule has 4 heteroatoms. The minimum absolute atomic E-state index is 0.499. The van der Waals surface area contributed by atoms with E-state index < -0.39 is 0 Å². The van der Waals surface area contributed by atoms with Crippen LogP contribution < -0.4 is 5.32 Å². The van der Waals surface area contributed by atoms with E-state index in [-0.39, 0.29) is 0 Å². The van der Waals surface area contributed by atoms with Crippen LogP contribution in [-0.4, -0.2) is 25.2 Å². The second-order valence-electron chi connectivity index (χ2n) is 3.43. The normalized spacial score (nSPS) is 10.6. The van der Waals surface area contributed by atoms with Crippen molar-refractivity contribution in [3.8, 4) is 0 Å². The first kappa shape index (κ1) is 11.2. The number of methoxy groups -OCH3 is 1. The van der Waals surface area contributed by atoms with E-state index in [9.17, 15) is 0 Å². The Balaban J connectivity index is 2.34. The van der Waals surface area contributed by atoms with Crippen LogP contribution in [0.2, 0.25) is 5.15 Å². The molecule has 0 saturated heterocycles. The molecule has 1 aromatic heterocycles. The fourth-order valence-corrected chi connectivity index (χ4v) is 1.77. The summed E-state index contributed by atoms with van der Waals surface area (Å²) in [6, 6.07) is 9.87. The summed E-state index contributed by atoms with van der Waals surface area (Å²) in [4.78, 5) is 4.27. The summed E-state index contributed by atoms with van der Waals surface area (Å²) >= 11 is 5.95. The van der Waals surface area contributed by atoms with Gasteiger partial charge in [0.05, 0.1) is 6.61 Å². The standard InChI is InChI=1S/C12H13ClN2O/c1-16-7-6-14-12-10-5-3-2-4-9(10)8-11(13)15-12/h2-5,8H,6-7H2,1H3,(H,14,15). The molecule has 16 heavy (non-hydrogen) atoms. The second kappa shape index (κ2) is 5.14. The van der Waals surface area contributed by atoms with Crippen molar-refractivity contribution in [1.82, 2.24) is 4.98 Å². The number of hydrogen-bond acceptors (Lipinski definition) is 3. The molecular weight excluding hydrogens is 224 g/mol. The first-order valence-corrected chi connectivity index (χ1v) is 5.47. The Morgan fingerprint density at radius 1 is 1.38 bits per heavy atom. The fourth-order valence-electron chi connectivity index (χ4n) is 1.57. The molecule has 0 bridgehead atoms. The minimum Gasteiger partial charge on any atom is -0.383 e. The molecule has 0 aliphatic heterocycles. The Labute approximate surface area is 99.4 Å². The zero-order chi connectivity index (χ0) is 11.4. The van der Waals surface area contributed by atoms with Gasteiger partial charge in [0, 0.05) is 19.0 Å². The van der Waals surface area contributed by atoms with Crippen molar-refractivity contribution in [3.05, 3.63) is 35.5 Å². The molecule has 3 nitrogen and oxygen atoms in total. The molecule has 0 aliphatic carbocycles. The quantitative estimate of drug-likeness (QED) is 0.655. The van der Waals surface area contributed by atoms with Crippen LogP contribution in [0.15, 0.2) is 30.3 Å². The summed E-state index contributed by atoms with van der Waals surface area (Å²) in [6.45, 7) is 1.36. The predicted octanol–water partition coefficient (Wildman–Crippen LogP) is 2.95. The number of ether oxygens (including phenoxy) is 1. The lowest BCUT2D eigenvalue weighted by Gasteiger charge is -2.08. The van der Waals surface area contributed by atoms with Crippen LogP contribution >= 0.6 is 11.6 Å². The maximum absolute atomic E-state index is 5.95. The number of halogens is 1. The van der Waals surface area contributed by atoms with Crippen molar-refractivity contribution in [3.63, 3.8) is 0 Å². The summed E-state index contributed by atoms with van der Waals surface area (Å²) in [7, 11) is 1.67.